The fraction of sp³-hybridized carbons (Fsp3) is 0.421. The van der Waals surface area contributed by atoms with E-state index in [9.17, 15) is 4.79 Å². The number of hydrogen-bond donors (Lipinski definition) is 2. The van der Waals surface area contributed by atoms with Gasteiger partial charge in [0.05, 0.1) is 13.2 Å². The third kappa shape index (κ3) is 4.25. The van der Waals surface area contributed by atoms with E-state index in [1.165, 1.54) is 4.88 Å². The molecule has 3 rings (SSSR count). The molecule has 1 unspecified atom stereocenters. The summed E-state index contributed by atoms with van der Waals surface area (Å²) >= 11 is 1.70. The van der Waals surface area contributed by atoms with Gasteiger partial charge >= 0.3 is 0 Å². The maximum atomic E-state index is 12.3. The molecule has 134 valence electrons. The Bertz CT molecular complexity index is 709. The summed E-state index contributed by atoms with van der Waals surface area (Å²) in [5, 5.41) is 8.34. The maximum Gasteiger partial charge on any atom is 0.242 e. The Hall–Kier alpha value is -2.21. The van der Waals surface area contributed by atoms with Gasteiger partial charge in [0.25, 0.3) is 0 Å². The van der Waals surface area contributed by atoms with Crippen LogP contribution in [0.3, 0.4) is 0 Å². The average molecular weight is 360 g/mol. The van der Waals surface area contributed by atoms with Crippen molar-refractivity contribution < 1.29 is 14.3 Å². The molecule has 1 aromatic heterocycles. The van der Waals surface area contributed by atoms with Crippen molar-refractivity contribution in [2.45, 2.75) is 32.7 Å². The van der Waals surface area contributed by atoms with Crippen LogP contribution in [-0.4, -0.2) is 31.7 Å². The van der Waals surface area contributed by atoms with Crippen molar-refractivity contribution in [2.75, 3.05) is 25.1 Å². The zero-order valence-electron chi connectivity index (χ0n) is 14.6. The van der Waals surface area contributed by atoms with E-state index in [4.69, 9.17) is 9.47 Å². The van der Waals surface area contributed by atoms with Gasteiger partial charge < -0.3 is 20.1 Å². The van der Waals surface area contributed by atoms with E-state index in [0.29, 0.717) is 19.8 Å². The SMILES string of the molecule is CCOc1ccc(CCNC(=O)C2Cc3sccc3N2)cc1OCC. The fourth-order valence-corrected chi connectivity index (χ4v) is 3.80. The van der Waals surface area contributed by atoms with E-state index in [1.54, 1.807) is 11.3 Å². The normalized spacial score (nSPS) is 15.4. The number of anilines is 1. The fourth-order valence-electron chi connectivity index (χ4n) is 2.91. The van der Waals surface area contributed by atoms with E-state index < -0.39 is 0 Å². The Morgan fingerprint density at radius 3 is 2.80 bits per heavy atom. The molecule has 0 saturated heterocycles. The van der Waals surface area contributed by atoms with Crippen LogP contribution in [-0.2, 0) is 17.6 Å². The minimum atomic E-state index is -0.151. The van der Waals surface area contributed by atoms with Crippen LogP contribution in [0.25, 0.3) is 0 Å². The molecule has 0 saturated carbocycles. The Morgan fingerprint density at radius 2 is 2.04 bits per heavy atom. The van der Waals surface area contributed by atoms with Gasteiger partial charge in [-0.2, -0.15) is 0 Å². The number of carbonyl (C=O) groups is 1. The minimum Gasteiger partial charge on any atom is -0.490 e. The largest absolute Gasteiger partial charge is 0.490 e. The lowest BCUT2D eigenvalue weighted by molar-refractivity contribution is -0.121. The molecule has 1 amide bonds. The van der Waals surface area contributed by atoms with Crippen LogP contribution in [0.5, 0.6) is 11.5 Å². The van der Waals surface area contributed by atoms with E-state index in [-0.39, 0.29) is 11.9 Å². The molecule has 6 heteroatoms. The highest BCUT2D eigenvalue weighted by molar-refractivity contribution is 7.10. The van der Waals surface area contributed by atoms with E-state index in [2.05, 4.69) is 10.6 Å². The quantitative estimate of drug-likeness (QED) is 0.759. The summed E-state index contributed by atoms with van der Waals surface area (Å²) in [6.07, 6.45) is 1.53. The van der Waals surface area contributed by atoms with Crippen molar-refractivity contribution in [3.63, 3.8) is 0 Å². The van der Waals surface area contributed by atoms with Gasteiger partial charge in [-0.05, 0) is 49.4 Å². The van der Waals surface area contributed by atoms with Crippen molar-refractivity contribution in [3.8, 4) is 11.5 Å². The smallest absolute Gasteiger partial charge is 0.242 e. The number of hydrogen-bond acceptors (Lipinski definition) is 5. The van der Waals surface area contributed by atoms with E-state index in [1.807, 2.05) is 43.5 Å². The van der Waals surface area contributed by atoms with Crippen LogP contribution >= 0.6 is 11.3 Å². The van der Waals surface area contributed by atoms with Crippen molar-refractivity contribution in [3.05, 3.63) is 40.1 Å². The highest BCUT2D eigenvalue weighted by atomic mass is 32.1. The first-order chi connectivity index (χ1) is 12.2. The first-order valence-corrected chi connectivity index (χ1v) is 9.58. The van der Waals surface area contributed by atoms with Gasteiger partial charge in [-0.15, -0.1) is 11.3 Å². The zero-order valence-corrected chi connectivity index (χ0v) is 15.4. The third-order valence-corrected chi connectivity index (χ3v) is 5.05. The molecule has 2 N–H and O–H groups in total. The average Bonchev–Trinajstić information content (AvgIpc) is 3.19. The molecule has 1 aliphatic rings. The van der Waals surface area contributed by atoms with E-state index in [0.717, 1.165) is 35.6 Å². The van der Waals surface area contributed by atoms with Crippen LogP contribution in [0, 0.1) is 0 Å². The lowest BCUT2D eigenvalue weighted by atomic mass is 10.1. The molecule has 1 atom stereocenters. The zero-order chi connectivity index (χ0) is 17.6. The minimum absolute atomic E-state index is 0.0550. The van der Waals surface area contributed by atoms with Gasteiger partial charge in [0, 0.05) is 23.5 Å². The van der Waals surface area contributed by atoms with Gasteiger partial charge in [0.2, 0.25) is 5.91 Å². The van der Waals surface area contributed by atoms with E-state index >= 15 is 0 Å². The molecule has 1 aromatic carbocycles. The van der Waals surface area contributed by atoms with Crippen molar-refractivity contribution in [1.29, 1.82) is 0 Å². The topological polar surface area (TPSA) is 59.6 Å². The second-order valence-electron chi connectivity index (χ2n) is 5.85. The summed E-state index contributed by atoms with van der Waals surface area (Å²) in [4.78, 5) is 13.6. The second-order valence-corrected chi connectivity index (χ2v) is 6.85. The monoisotopic (exact) mass is 360 g/mol. The summed E-state index contributed by atoms with van der Waals surface area (Å²) < 4.78 is 11.2. The van der Waals surface area contributed by atoms with Crippen LogP contribution in [0.1, 0.15) is 24.3 Å². The molecular weight excluding hydrogens is 336 g/mol. The van der Waals surface area contributed by atoms with Crippen LogP contribution in [0.4, 0.5) is 5.69 Å². The summed E-state index contributed by atoms with van der Waals surface area (Å²) in [7, 11) is 0. The van der Waals surface area contributed by atoms with Crippen LogP contribution in [0.15, 0.2) is 29.6 Å². The van der Waals surface area contributed by atoms with Crippen LogP contribution < -0.4 is 20.1 Å². The van der Waals surface area contributed by atoms with Gasteiger partial charge in [0.15, 0.2) is 11.5 Å². The number of carbonyl (C=O) groups excluding carboxylic acids is 1. The molecule has 25 heavy (non-hydrogen) atoms. The summed E-state index contributed by atoms with van der Waals surface area (Å²) in [6, 6.07) is 7.82. The molecule has 0 aliphatic carbocycles. The van der Waals surface area contributed by atoms with Crippen LogP contribution in [0.2, 0.25) is 0 Å². The molecule has 5 nitrogen and oxygen atoms in total. The van der Waals surface area contributed by atoms with Crippen molar-refractivity contribution >= 4 is 22.9 Å². The number of fused-ring (bicyclic) bond motifs is 1. The predicted molar refractivity (Wildman–Crippen MR) is 101 cm³/mol. The third-order valence-electron chi connectivity index (χ3n) is 4.10. The molecule has 2 heterocycles. The number of benzene rings is 1. The van der Waals surface area contributed by atoms with Gasteiger partial charge in [0.1, 0.15) is 6.04 Å². The van der Waals surface area contributed by atoms with Gasteiger partial charge in [-0.3, -0.25) is 4.79 Å². The highest BCUT2D eigenvalue weighted by Gasteiger charge is 2.27. The first kappa shape index (κ1) is 17.6. The number of amides is 1. The lowest BCUT2D eigenvalue weighted by Crippen LogP contribution is -2.39. The van der Waals surface area contributed by atoms with Crippen molar-refractivity contribution in [2.24, 2.45) is 0 Å². The molecular formula is C19H24N2O3S. The molecule has 0 radical (unpaired) electrons. The lowest BCUT2D eigenvalue weighted by Gasteiger charge is -2.14. The molecule has 0 spiro atoms. The number of thiophene rings is 1. The Labute approximate surface area is 152 Å². The summed E-state index contributed by atoms with van der Waals surface area (Å²) in [5.41, 5.74) is 2.21. The maximum absolute atomic E-state index is 12.3. The van der Waals surface area contributed by atoms with Gasteiger partial charge in [-0.25, -0.2) is 0 Å². The molecule has 2 aromatic rings. The first-order valence-electron chi connectivity index (χ1n) is 8.70. The number of ether oxygens (including phenoxy) is 2. The Kier molecular flexibility index (Phi) is 5.81. The highest BCUT2D eigenvalue weighted by Crippen LogP contribution is 2.31. The van der Waals surface area contributed by atoms with Gasteiger partial charge in [-0.1, -0.05) is 6.07 Å². The number of nitrogens with one attached hydrogen (secondary N) is 2. The summed E-state index contributed by atoms with van der Waals surface area (Å²) in [5.74, 6) is 1.58. The van der Waals surface area contributed by atoms with Crippen molar-refractivity contribution in [1.82, 2.24) is 5.32 Å². The summed E-state index contributed by atoms with van der Waals surface area (Å²) in [6.45, 7) is 5.71. The molecule has 0 bridgehead atoms. The Balaban J connectivity index is 1.50. The second kappa shape index (κ2) is 8.25. The standard InChI is InChI=1S/C19H24N2O3S/c1-3-23-16-6-5-13(11-17(16)24-4-2)7-9-20-19(22)15-12-18-14(21-15)8-10-25-18/h5-6,8,10-11,15,21H,3-4,7,9,12H2,1-2H3,(H,20,22). The Morgan fingerprint density at radius 1 is 1.24 bits per heavy atom. The molecule has 1 aliphatic heterocycles. The predicted octanol–water partition coefficient (Wildman–Crippen LogP) is 3.24. The molecule has 0 fully saturated rings. The number of rotatable bonds is 8.